The second-order valence-electron chi connectivity index (χ2n) is 11.4. The van der Waals surface area contributed by atoms with Crippen LogP contribution in [0.3, 0.4) is 0 Å². The molecule has 1 aromatic heterocycles. The van der Waals surface area contributed by atoms with Gasteiger partial charge in [-0.2, -0.15) is 0 Å². The Morgan fingerprint density at radius 1 is 1.09 bits per heavy atom. The van der Waals surface area contributed by atoms with E-state index in [1.54, 1.807) is 18.3 Å². The fourth-order valence-electron chi connectivity index (χ4n) is 5.72. The number of aromatic nitrogens is 2. The van der Waals surface area contributed by atoms with Gasteiger partial charge in [-0.25, -0.2) is 14.4 Å². The minimum absolute atomic E-state index is 0.0424. The SMILES string of the molecule is CNC1(C)CCN(C(=O)c2ccc(Nc3ncc4c(n3)-c3ccc(CI)cc3C(c3c(F)cccc3OC)=NC4)cc2)CC1. The Kier molecular flexibility index (Phi) is 8.64. The lowest BCUT2D eigenvalue weighted by Crippen LogP contribution is -2.51. The Morgan fingerprint density at radius 2 is 1.86 bits per heavy atom. The molecular formula is C34H34FIN6O2. The van der Waals surface area contributed by atoms with Crippen LogP contribution < -0.4 is 15.4 Å². The lowest BCUT2D eigenvalue weighted by Gasteiger charge is -2.39. The Bertz CT molecular complexity index is 1730. The minimum Gasteiger partial charge on any atom is -0.496 e. The molecule has 0 aliphatic carbocycles. The predicted octanol–water partition coefficient (Wildman–Crippen LogP) is 6.54. The summed E-state index contributed by atoms with van der Waals surface area (Å²) in [7, 11) is 3.51. The number of ether oxygens (including phenoxy) is 1. The van der Waals surface area contributed by atoms with Crippen molar-refractivity contribution < 1.29 is 13.9 Å². The first-order valence-electron chi connectivity index (χ1n) is 14.6. The molecule has 3 heterocycles. The lowest BCUT2D eigenvalue weighted by atomic mass is 9.89. The van der Waals surface area contributed by atoms with Crippen molar-refractivity contribution in [1.82, 2.24) is 20.2 Å². The molecule has 1 fully saturated rings. The van der Waals surface area contributed by atoms with Crippen molar-refractivity contribution in [2.45, 2.75) is 36.3 Å². The monoisotopic (exact) mass is 704 g/mol. The number of nitrogens with zero attached hydrogens (tertiary/aromatic N) is 4. The number of likely N-dealkylation sites (tertiary alicyclic amines) is 1. The number of amides is 1. The van der Waals surface area contributed by atoms with E-state index in [0.717, 1.165) is 64.0 Å². The van der Waals surface area contributed by atoms with Crippen molar-refractivity contribution in [3.63, 3.8) is 0 Å². The van der Waals surface area contributed by atoms with Gasteiger partial charge in [0.25, 0.3) is 5.91 Å². The molecule has 0 radical (unpaired) electrons. The van der Waals surface area contributed by atoms with E-state index in [4.69, 9.17) is 14.7 Å². The lowest BCUT2D eigenvalue weighted by molar-refractivity contribution is 0.0662. The molecule has 226 valence electrons. The van der Waals surface area contributed by atoms with Crippen LogP contribution in [0.2, 0.25) is 0 Å². The highest BCUT2D eigenvalue weighted by Gasteiger charge is 2.31. The number of methoxy groups -OCH3 is 1. The Labute approximate surface area is 270 Å². The quantitative estimate of drug-likeness (QED) is 0.168. The highest BCUT2D eigenvalue weighted by atomic mass is 127. The van der Waals surface area contributed by atoms with Gasteiger partial charge < -0.3 is 20.3 Å². The largest absolute Gasteiger partial charge is 0.496 e. The number of carbonyl (C=O) groups excluding carboxylic acids is 1. The van der Waals surface area contributed by atoms with Crippen molar-refractivity contribution in [1.29, 1.82) is 0 Å². The number of halogens is 2. The molecule has 0 atom stereocenters. The van der Waals surface area contributed by atoms with Crippen LogP contribution in [0.15, 0.2) is 71.9 Å². The van der Waals surface area contributed by atoms with E-state index >= 15 is 4.39 Å². The number of alkyl halides is 1. The summed E-state index contributed by atoms with van der Waals surface area (Å²) in [5.74, 6) is 0.487. The third-order valence-electron chi connectivity index (χ3n) is 8.60. The van der Waals surface area contributed by atoms with Crippen molar-refractivity contribution in [2.24, 2.45) is 4.99 Å². The molecule has 8 nitrogen and oxygen atoms in total. The zero-order valence-corrected chi connectivity index (χ0v) is 27.1. The normalized spacial score (nSPS) is 15.5. The van der Waals surface area contributed by atoms with Gasteiger partial charge in [-0.05, 0) is 74.8 Å². The number of carbonyl (C=O) groups is 1. The van der Waals surface area contributed by atoms with E-state index in [1.165, 1.54) is 13.2 Å². The van der Waals surface area contributed by atoms with Gasteiger partial charge in [0.2, 0.25) is 5.95 Å². The summed E-state index contributed by atoms with van der Waals surface area (Å²) in [6.07, 6.45) is 3.61. The number of fused-ring (bicyclic) bond motifs is 3. The Hall–Kier alpha value is -3.90. The molecule has 2 aliphatic heterocycles. The maximum absolute atomic E-state index is 15.3. The third-order valence-corrected chi connectivity index (χ3v) is 9.48. The van der Waals surface area contributed by atoms with Gasteiger partial charge in [0.15, 0.2) is 0 Å². The van der Waals surface area contributed by atoms with Gasteiger partial charge in [-0.3, -0.25) is 9.79 Å². The molecular weight excluding hydrogens is 670 g/mol. The molecule has 3 aromatic carbocycles. The van der Waals surface area contributed by atoms with Crippen LogP contribution in [-0.4, -0.2) is 59.3 Å². The van der Waals surface area contributed by atoms with Crippen LogP contribution in [-0.2, 0) is 11.0 Å². The number of rotatable bonds is 7. The average Bonchev–Trinajstić information content (AvgIpc) is 3.21. The fourth-order valence-corrected chi connectivity index (χ4v) is 6.20. The van der Waals surface area contributed by atoms with Crippen molar-refractivity contribution in [3.05, 3.63) is 100 Å². The number of nitrogens with one attached hydrogen (secondary N) is 2. The van der Waals surface area contributed by atoms with Crippen LogP contribution >= 0.6 is 22.6 Å². The van der Waals surface area contributed by atoms with E-state index in [-0.39, 0.29) is 18.0 Å². The maximum Gasteiger partial charge on any atom is 0.253 e. The first kappa shape index (κ1) is 30.1. The van der Waals surface area contributed by atoms with Gasteiger partial charge in [-0.15, -0.1) is 0 Å². The number of benzene rings is 3. The fraction of sp³-hybridized carbons (Fsp3) is 0.294. The van der Waals surface area contributed by atoms with Gasteiger partial charge in [0.05, 0.1) is 30.6 Å². The second kappa shape index (κ2) is 12.6. The van der Waals surface area contributed by atoms with E-state index in [1.807, 2.05) is 48.3 Å². The summed E-state index contributed by atoms with van der Waals surface area (Å²) < 4.78 is 21.6. The zero-order valence-electron chi connectivity index (χ0n) is 25.0. The molecule has 0 unspecified atom stereocenters. The topological polar surface area (TPSA) is 91.7 Å². The summed E-state index contributed by atoms with van der Waals surface area (Å²) >= 11 is 2.32. The maximum atomic E-state index is 15.3. The molecule has 2 N–H and O–H groups in total. The number of aliphatic imine (C=N–C) groups is 1. The van der Waals surface area contributed by atoms with Crippen LogP contribution in [0.25, 0.3) is 11.3 Å². The first-order valence-corrected chi connectivity index (χ1v) is 16.1. The van der Waals surface area contributed by atoms with E-state index < -0.39 is 5.82 Å². The smallest absolute Gasteiger partial charge is 0.253 e. The summed E-state index contributed by atoms with van der Waals surface area (Å²) in [5, 5.41) is 6.66. The molecule has 0 bridgehead atoms. The summed E-state index contributed by atoms with van der Waals surface area (Å²) in [6, 6.07) is 18.3. The van der Waals surface area contributed by atoms with Gasteiger partial charge in [0, 0.05) is 57.2 Å². The van der Waals surface area contributed by atoms with E-state index in [9.17, 15) is 4.79 Å². The number of hydrogen-bond donors (Lipinski definition) is 2. The molecule has 0 spiro atoms. The highest BCUT2D eigenvalue weighted by Crippen LogP contribution is 2.36. The summed E-state index contributed by atoms with van der Waals surface area (Å²) in [6.45, 7) is 3.95. The van der Waals surface area contributed by atoms with Gasteiger partial charge in [-0.1, -0.05) is 40.8 Å². The van der Waals surface area contributed by atoms with Crippen LogP contribution in [0, 0.1) is 5.82 Å². The van der Waals surface area contributed by atoms with Crippen LogP contribution in [0.5, 0.6) is 5.75 Å². The number of anilines is 2. The van der Waals surface area contributed by atoms with E-state index in [0.29, 0.717) is 28.5 Å². The van der Waals surface area contributed by atoms with Crippen molar-refractivity contribution >= 4 is 45.8 Å². The molecule has 44 heavy (non-hydrogen) atoms. The van der Waals surface area contributed by atoms with Crippen molar-refractivity contribution in [3.8, 4) is 17.0 Å². The molecule has 1 saturated heterocycles. The molecule has 0 saturated carbocycles. The number of piperidine rings is 1. The van der Waals surface area contributed by atoms with Gasteiger partial charge >= 0.3 is 0 Å². The standard InChI is InChI=1S/C34H34FIN6O2/c1-34(37-2)13-15-42(16-14-34)32(43)22-8-10-24(11-9-22)40-33-39-20-23-19-38-31(29-27(35)5-4-6-28(29)44-3)26-17-21(18-36)7-12-25(26)30(23)41-33/h4-12,17,20,37H,13-16,18-19H2,1-3H3,(H,39,40,41). The van der Waals surface area contributed by atoms with Crippen molar-refractivity contribution in [2.75, 3.05) is 32.6 Å². The minimum atomic E-state index is -0.396. The van der Waals surface area contributed by atoms with E-state index in [2.05, 4.69) is 51.2 Å². The summed E-state index contributed by atoms with van der Waals surface area (Å²) in [5.41, 5.74) is 6.66. The predicted molar refractivity (Wildman–Crippen MR) is 180 cm³/mol. The molecule has 1 amide bonds. The Morgan fingerprint density at radius 3 is 2.57 bits per heavy atom. The molecule has 10 heteroatoms. The van der Waals surface area contributed by atoms with Crippen LogP contribution in [0.4, 0.5) is 16.0 Å². The molecule has 2 aliphatic rings. The van der Waals surface area contributed by atoms with Gasteiger partial charge in [0.1, 0.15) is 11.6 Å². The zero-order chi connectivity index (χ0) is 30.8. The van der Waals surface area contributed by atoms with Crippen LogP contribution in [0.1, 0.15) is 52.4 Å². The molecule has 4 aromatic rings. The first-order chi connectivity index (χ1) is 21.3. The Balaban J connectivity index is 1.27. The average molecular weight is 705 g/mol. The molecule has 6 rings (SSSR count). The second-order valence-corrected chi connectivity index (χ2v) is 12.1. The highest BCUT2D eigenvalue weighted by molar-refractivity contribution is 14.1. The summed E-state index contributed by atoms with van der Waals surface area (Å²) in [4.78, 5) is 29.4. The third kappa shape index (κ3) is 5.92. The number of hydrogen-bond acceptors (Lipinski definition) is 7.